The molecule has 1 fully saturated rings. The normalized spacial score (nSPS) is 19.1. The predicted octanol–water partition coefficient (Wildman–Crippen LogP) is 15.5. The number of hydrogen-bond donors (Lipinski definition) is 0. The van der Waals surface area contributed by atoms with Crippen LogP contribution in [0, 0.1) is 28.0 Å². The maximum Gasteiger partial charge on any atom is 0.148 e. The molecule has 0 radical (unpaired) electrons. The van der Waals surface area contributed by atoms with E-state index in [2.05, 4.69) is 158 Å². The summed E-state index contributed by atoms with van der Waals surface area (Å²) in [6.45, 7) is 7.04. The van der Waals surface area contributed by atoms with Crippen LogP contribution in [0.4, 0.5) is 27.1 Å². The Morgan fingerprint density at radius 2 is 1.19 bits per heavy atom. The van der Waals surface area contributed by atoms with Crippen LogP contribution in [0.2, 0.25) is 0 Å². The van der Waals surface area contributed by atoms with Crippen LogP contribution >= 0.6 is 0 Å². The number of allylic oxidation sites excluding steroid dienone is 2. The summed E-state index contributed by atoms with van der Waals surface area (Å²) < 4.78 is 17.5. The molecule has 0 amide bonds. The number of halogens is 1. The van der Waals surface area contributed by atoms with E-state index in [-0.39, 0.29) is 28.7 Å². The second-order valence-corrected chi connectivity index (χ2v) is 17.6. The predicted molar refractivity (Wildman–Crippen MR) is 256 cm³/mol. The van der Waals surface area contributed by atoms with Crippen molar-refractivity contribution in [2.24, 2.45) is 10.8 Å². The van der Waals surface area contributed by atoms with E-state index in [1.54, 1.807) is 6.07 Å². The molecule has 3 unspecified atom stereocenters. The van der Waals surface area contributed by atoms with Crippen LogP contribution in [-0.2, 0) is 0 Å². The van der Waals surface area contributed by atoms with Gasteiger partial charge in [0.1, 0.15) is 5.82 Å². The van der Waals surface area contributed by atoms with Gasteiger partial charge < -0.3 is 9.80 Å². The summed E-state index contributed by atoms with van der Waals surface area (Å²) >= 11 is 0. The molecule has 1 saturated heterocycles. The van der Waals surface area contributed by atoms with Crippen molar-refractivity contribution < 1.29 is 4.39 Å². The minimum atomic E-state index is -0.336. The number of hydrogen-bond acceptors (Lipinski definition) is 3. The van der Waals surface area contributed by atoms with Gasteiger partial charge in [-0.25, -0.2) is 4.39 Å². The highest BCUT2D eigenvalue weighted by atomic mass is 19.1. The zero-order valence-electron chi connectivity index (χ0n) is 34.9. The third-order valence-corrected chi connectivity index (χ3v) is 14.1. The molecule has 62 heavy (non-hydrogen) atoms. The van der Waals surface area contributed by atoms with Gasteiger partial charge in [-0.3, -0.25) is 0 Å². The maximum absolute atomic E-state index is 17.5. The minimum absolute atomic E-state index is 0.000605. The van der Waals surface area contributed by atoms with E-state index in [4.69, 9.17) is 0 Å². The molecule has 1 heterocycles. The van der Waals surface area contributed by atoms with Crippen LogP contribution in [0.3, 0.4) is 0 Å². The standard InChI is InChI=1S/C58H44FN3/c1-57(2)56(43-20-12-6-13-21-43)62(52-33-24-38(37-60)36-58(52,57)3)51-32-28-42-25-29-46-50(31-27-41-26-30-47(51)54(42)53(41)46)61(45-22-14-7-15-23-45)55-48(40-18-10-5-11-19-40)34-44(35-49(55)59)39-16-8-4-9-17-39/h4-36,52,56H,1-3H3. The van der Waals surface area contributed by atoms with E-state index in [9.17, 15) is 5.26 Å². The Kier molecular flexibility index (Phi) is 8.67. The molecule has 9 aromatic rings. The molecule has 11 rings (SSSR count). The number of para-hydroxylation sites is 1. The summed E-state index contributed by atoms with van der Waals surface area (Å²) in [7, 11) is 0. The van der Waals surface area contributed by atoms with Gasteiger partial charge in [0.15, 0.2) is 0 Å². The van der Waals surface area contributed by atoms with Gasteiger partial charge in [0, 0.05) is 44.1 Å². The lowest BCUT2D eigenvalue weighted by Crippen LogP contribution is -2.40. The van der Waals surface area contributed by atoms with E-state index in [0.29, 0.717) is 11.3 Å². The first-order valence-corrected chi connectivity index (χ1v) is 21.4. The summed E-state index contributed by atoms with van der Waals surface area (Å²) in [6.07, 6.45) is 6.46. The van der Waals surface area contributed by atoms with Crippen molar-refractivity contribution >= 4 is 55.1 Å². The van der Waals surface area contributed by atoms with Crippen LogP contribution in [0.5, 0.6) is 0 Å². The molecule has 1 aliphatic carbocycles. The molecular formula is C58H44FN3. The summed E-state index contributed by atoms with van der Waals surface area (Å²) in [6, 6.07) is 65.4. The number of fused-ring (bicyclic) bond motifs is 1. The molecule has 1 aliphatic heterocycles. The third kappa shape index (κ3) is 5.62. The lowest BCUT2D eigenvalue weighted by Gasteiger charge is -2.41. The highest BCUT2D eigenvalue weighted by Crippen LogP contribution is 2.64. The molecule has 0 saturated carbocycles. The highest BCUT2D eigenvalue weighted by Gasteiger charge is 2.61. The number of benzene rings is 9. The summed E-state index contributed by atoms with van der Waals surface area (Å²) in [4.78, 5) is 4.74. The number of nitrogens with zero attached hydrogens (tertiary/aromatic N) is 3. The Bertz CT molecular complexity index is 3260. The van der Waals surface area contributed by atoms with Gasteiger partial charge in [-0.15, -0.1) is 0 Å². The molecule has 298 valence electrons. The first-order valence-electron chi connectivity index (χ1n) is 21.4. The molecule has 0 N–H and O–H groups in total. The zero-order chi connectivity index (χ0) is 42.2. The van der Waals surface area contributed by atoms with E-state index in [0.717, 1.165) is 66.2 Å². The fraction of sp³-hybridized carbons (Fsp3) is 0.121. The molecular weight excluding hydrogens is 758 g/mol. The second-order valence-electron chi connectivity index (χ2n) is 17.6. The van der Waals surface area contributed by atoms with Crippen LogP contribution in [0.1, 0.15) is 32.4 Å². The maximum atomic E-state index is 17.5. The average molecular weight is 802 g/mol. The van der Waals surface area contributed by atoms with Gasteiger partial charge in [0.2, 0.25) is 0 Å². The number of nitriles is 1. The smallest absolute Gasteiger partial charge is 0.148 e. The van der Waals surface area contributed by atoms with E-state index >= 15 is 4.39 Å². The van der Waals surface area contributed by atoms with Crippen LogP contribution in [0.15, 0.2) is 206 Å². The van der Waals surface area contributed by atoms with Crippen molar-refractivity contribution in [1.82, 2.24) is 0 Å². The fourth-order valence-corrected chi connectivity index (χ4v) is 10.8. The molecule has 9 aromatic carbocycles. The Balaban J connectivity index is 1.17. The Labute approximate surface area is 362 Å². The Morgan fingerprint density at radius 3 is 1.87 bits per heavy atom. The molecule has 3 atom stereocenters. The van der Waals surface area contributed by atoms with Crippen LogP contribution in [0.25, 0.3) is 54.6 Å². The molecule has 3 nitrogen and oxygen atoms in total. The van der Waals surface area contributed by atoms with Gasteiger partial charge >= 0.3 is 0 Å². The van der Waals surface area contributed by atoms with Crippen molar-refractivity contribution in [1.29, 1.82) is 5.26 Å². The molecule has 2 aliphatic rings. The largest absolute Gasteiger partial charge is 0.356 e. The first-order chi connectivity index (χ1) is 30.3. The highest BCUT2D eigenvalue weighted by molar-refractivity contribution is 6.28. The first kappa shape index (κ1) is 37.5. The minimum Gasteiger partial charge on any atom is -0.356 e. The third-order valence-electron chi connectivity index (χ3n) is 14.1. The molecule has 0 aromatic heterocycles. The lowest BCUT2D eigenvalue weighted by atomic mass is 9.60. The number of rotatable bonds is 7. The van der Waals surface area contributed by atoms with E-state index in [1.165, 1.54) is 10.9 Å². The molecule has 0 bridgehead atoms. The topological polar surface area (TPSA) is 30.3 Å². The second kappa shape index (κ2) is 14.3. The van der Waals surface area contributed by atoms with Gasteiger partial charge in [-0.05, 0) is 86.3 Å². The average Bonchev–Trinajstić information content (AvgIpc) is 3.50. The fourth-order valence-electron chi connectivity index (χ4n) is 10.8. The van der Waals surface area contributed by atoms with Crippen molar-refractivity contribution in [3.8, 4) is 28.3 Å². The SMILES string of the molecule is CC1(C)C(c2ccccc2)N(c2ccc3ccc4c(N(c5ccccc5)c5c(F)cc(-c6ccccc6)cc5-c5ccccc5)ccc5ccc2c3c54)C2C=CC(C#N)=CC21C. The van der Waals surface area contributed by atoms with Gasteiger partial charge in [0.25, 0.3) is 0 Å². The van der Waals surface area contributed by atoms with Gasteiger partial charge in [-0.1, -0.05) is 179 Å². The Morgan fingerprint density at radius 1 is 0.613 bits per heavy atom. The van der Waals surface area contributed by atoms with Crippen molar-refractivity contribution in [3.63, 3.8) is 0 Å². The zero-order valence-corrected chi connectivity index (χ0v) is 34.9. The quantitative estimate of drug-likeness (QED) is 0.150. The Hall–Kier alpha value is -7.48. The van der Waals surface area contributed by atoms with Gasteiger partial charge in [-0.2, -0.15) is 5.26 Å². The van der Waals surface area contributed by atoms with Crippen molar-refractivity contribution in [2.45, 2.75) is 32.9 Å². The lowest BCUT2D eigenvalue weighted by molar-refractivity contribution is 0.165. The summed E-state index contributed by atoms with van der Waals surface area (Å²) in [5, 5.41) is 16.9. The van der Waals surface area contributed by atoms with E-state index in [1.807, 2.05) is 72.8 Å². The number of anilines is 4. The van der Waals surface area contributed by atoms with Crippen molar-refractivity contribution in [2.75, 3.05) is 9.80 Å². The van der Waals surface area contributed by atoms with Crippen LogP contribution < -0.4 is 9.80 Å². The van der Waals surface area contributed by atoms with Gasteiger partial charge in [0.05, 0.1) is 29.5 Å². The van der Waals surface area contributed by atoms with E-state index < -0.39 is 0 Å². The molecule has 4 heteroatoms. The summed E-state index contributed by atoms with van der Waals surface area (Å²) in [5.41, 5.74) is 8.30. The summed E-state index contributed by atoms with van der Waals surface area (Å²) in [5.74, 6) is -0.303. The molecule has 0 spiro atoms. The monoisotopic (exact) mass is 801 g/mol. The van der Waals surface area contributed by atoms with Crippen molar-refractivity contribution in [3.05, 3.63) is 217 Å². The van der Waals surface area contributed by atoms with Crippen LogP contribution in [-0.4, -0.2) is 6.04 Å².